The zero-order valence-corrected chi connectivity index (χ0v) is 8.12. The fourth-order valence-corrected chi connectivity index (χ4v) is 2.87. The van der Waals surface area contributed by atoms with Gasteiger partial charge in [0, 0.05) is 11.5 Å². The Bertz CT molecular complexity index is 259. The van der Waals surface area contributed by atoms with Crippen molar-refractivity contribution in [3.05, 3.63) is 12.2 Å². The first-order valence-corrected chi connectivity index (χ1v) is 5.06. The Morgan fingerprint density at radius 1 is 1.54 bits per heavy atom. The zero-order valence-electron chi connectivity index (χ0n) is 8.12. The second-order valence-electron chi connectivity index (χ2n) is 4.63. The summed E-state index contributed by atoms with van der Waals surface area (Å²) in [5.41, 5.74) is 5.86. The maximum Gasteiger partial charge on any atom is 0.136 e. The van der Waals surface area contributed by atoms with Crippen molar-refractivity contribution in [2.24, 2.45) is 17.1 Å². The van der Waals surface area contributed by atoms with Crippen molar-refractivity contribution >= 4 is 5.78 Å². The van der Waals surface area contributed by atoms with Crippen LogP contribution in [-0.2, 0) is 4.79 Å². The summed E-state index contributed by atoms with van der Waals surface area (Å²) in [4.78, 5) is 11.6. The van der Waals surface area contributed by atoms with Gasteiger partial charge in [-0.2, -0.15) is 0 Å². The molecule has 0 aromatic carbocycles. The number of hydrogen-bond acceptors (Lipinski definition) is 2. The van der Waals surface area contributed by atoms with Crippen LogP contribution >= 0.6 is 0 Å². The van der Waals surface area contributed by atoms with Gasteiger partial charge in [0.2, 0.25) is 0 Å². The van der Waals surface area contributed by atoms with Gasteiger partial charge in [-0.25, -0.2) is 0 Å². The van der Waals surface area contributed by atoms with Gasteiger partial charge in [0.25, 0.3) is 0 Å². The quantitative estimate of drug-likeness (QED) is 0.622. The van der Waals surface area contributed by atoms with Gasteiger partial charge in [-0.15, -0.1) is 0 Å². The van der Waals surface area contributed by atoms with Crippen LogP contribution in [-0.4, -0.2) is 11.8 Å². The van der Waals surface area contributed by atoms with E-state index in [1.54, 1.807) is 6.92 Å². The van der Waals surface area contributed by atoms with Crippen LogP contribution in [0.3, 0.4) is 0 Å². The molecular formula is C11H17NO. The first kappa shape index (κ1) is 8.95. The summed E-state index contributed by atoms with van der Waals surface area (Å²) in [7, 11) is 0. The predicted molar refractivity (Wildman–Crippen MR) is 52.2 cm³/mol. The normalized spacial score (nSPS) is 43.2. The van der Waals surface area contributed by atoms with Gasteiger partial charge in [0.1, 0.15) is 5.78 Å². The van der Waals surface area contributed by atoms with E-state index in [1.807, 2.05) is 0 Å². The molecule has 0 radical (unpaired) electrons. The van der Waals surface area contributed by atoms with Crippen molar-refractivity contribution in [3.8, 4) is 0 Å². The van der Waals surface area contributed by atoms with E-state index < -0.39 is 0 Å². The predicted octanol–water partition coefficient (Wildman–Crippen LogP) is 1.65. The van der Waals surface area contributed by atoms with Crippen molar-refractivity contribution in [1.82, 2.24) is 0 Å². The van der Waals surface area contributed by atoms with E-state index in [0.717, 1.165) is 25.7 Å². The van der Waals surface area contributed by atoms with Gasteiger partial charge in [-0.05, 0) is 38.5 Å². The largest absolute Gasteiger partial charge is 0.328 e. The highest BCUT2D eigenvalue weighted by atomic mass is 16.1. The maximum atomic E-state index is 11.6. The molecule has 13 heavy (non-hydrogen) atoms. The lowest BCUT2D eigenvalue weighted by Crippen LogP contribution is -2.44. The average Bonchev–Trinajstić information content (AvgIpc) is 2.02. The lowest BCUT2D eigenvalue weighted by molar-refractivity contribution is -0.129. The van der Waals surface area contributed by atoms with Crippen LogP contribution in [0.4, 0.5) is 0 Å². The smallest absolute Gasteiger partial charge is 0.136 e. The van der Waals surface area contributed by atoms with Gasteiger partial charge in [-0.1, -0.05) is 12.2 Å². The molecule has 2 rings (SSSR count). The molecule has 2 bridgehead atoms. The van der Waals surface area contributed by atoms with E-state index in [9.17, 15) is 4.79 Å². The summed E-state index contributed by atoms with van der Waals surface area (Å²) >= 11 is 0. The molecule has 2 nitrogen and oxygen atoms in total. The third kappa shape index (κ3) is 1.44. The number of Topliss-reactive ketones (excluding diaryl/α,β-unsaturated/α-hetero) is 1. The van der Waals surface area contributed by atoms with Crippen LogP contribution in [0.25, 0.3) is 0 Å². The topological polar surface area (TPSA) is 43.1 Å². The van der Waals surface area contributed by atoms with Crippen molar-refractivity contribution in [1.29, 1.82) is 0 Å². The molecular weight excluding hydrogens is 162 g/mol. The number of fused-ring (bicyclic) bond motifs is 2. The molecule has 0 amide bonds. The van der Waals surface area contributed by atoms with Crippen molar-refractivity contribution in [3.63, 3.8) is 0 Å². The molecule has 0 aromatic heterocycles. The Labute approximate surface area is 79.2 Å². The second kappa shape index (κ2) is 2.95. The first-order chi connectivity index (χ1) is 6.12. The average molecular weight is 179 g/mol. The number of carbonyl (C=O) groups excluding carboxylic acids is 1. The second-order valence-corrected chi connectivity index (χ2v) is 4.63. The van der Waals surface area contributed by atoms with E-state index in [0.29, 0.717) is 11.7 Å². The molecule has 2 aliphatic rings. The molecule has 0 aliphatic heterocycles. The van der Waals surface area contributed by atoms with Gasteiger partial charge < -0.3 is 5.73 Å². The van der Waals surface area contributed by atoms with E-state index in [2.05, 4.69) is 12.2 Å². The summed E-state index contributed by atoms with van der Waals surface area (Å²) in [5.74, 6) is 0.887. The molecule has 1 saturated carbocycles. The summed E-state index contributed by atoms with van der Waals surface area (Å²) in [6.45, 7) is 1.72. The standard InChI is InChI=1S/C11H17NO/c1-8(13)11-4-2-3-9(6-11)5-10(12)7-11/h2-3,9-10H,4-7,12H2,1H3. The number of hydrogen-bond donors (Lipinski definition) is 1. The highest BCUT2D eigenvalue weighted by Gasteiger charge is 2.43. The first-order valence-electron chi connectivity index (χ1n) is 5.06. The van der Waals surface area contributed by atoms with Crippen LogP contribution in [0.2, 0.25) is 0 Å². The van der Waals surface area contributed by atoms with Gasteiger partial charge in [-0.3, -0.25) is 4.79 Å². The molecule has 2 N–H and O–H groups in total. The van der Waals surface area contributed by atoms with Crippen molar-refractivity contribution < 1.29 is 4.79 Å². The van der Waals surface area contributed by atoms with Gasteiger partial charge in [0.15, 0.2) is 0 Å². The lowest BCUT2D eigenvalue weighted by Gasteiger charge is -2.43. The summed E-state index contributed by atoms with van der Waals surface area (Å²) in [6.07, 6.45) is 8.30. The van der Waals surface area contributed by atoms with Crippen molar-refractivity contribution in [2.45, 2.75) is 38.6 Å². The van der Waals surface area contributed by atoms with Crippen LogP contribution in [0.1, 0.15) is 32.6 Å². The van der Waals surface area contributed by atoms with E-state index in [1.165, 1.54) is 0 Å². The summed E-state index contributed by atoms with van der Waals surface area (Å²) in [6, 6.07) is 0.229. The molecule has 0 aromatic rings. The van der Waals surface area contributed by atoms with Crippen LogP contribution < -0.4 is 5.73 Å². The Morgan fingerprint density at radius 3 is 3.00 bits per heavy atom. The SMILES string of the molecule is CC(=O)C12CC=CC(CC(N)C1)C2. The summed E-state index contributed by atoms with van der Waals surface area (Å²) < 4.78 is 0. The molecule has 2 heteroatoms. The third-order valence-electron chi connectivity index (χ3n) is 3.58. The van der Waals surface area contributed by atoms with Gasteiger partial charge in [0.05, 0.1) is 0 Å². The third-order valence-corrected chi connectivity index (χ3v) is 3.58. The Kier molecular flexibility index (Phi) is 2.03. The van der Waals surface area contributed by atoms with E-state index in [4.69, 9.17) is 5.73 Å². The van der Waals surface area contributed by atoms with Crippen molar-refractivity contribution in [2.75, 3.05) is 0 Å². The minimum Gasteiger partial charge on any atom is -0.328 e. The molecule has 0 heterocycles. The minimum atomic E-state index is -0.100. The van der Waals surface area contributed by atoms with Crippen LogP contribution in [0.5, 0.6) is 0 Å². The molecule has 3 unspecified atom stereocenters. The van der Waals surface area contributed by atoms with Gasteiger partial charge >= 0.3 is 0 Å². The number of allylic oxidation sites excluding steroid dienone is 2. The molecule has 1 fully saturated rings. The number of nitrogens with two attached hydrogens (primary N) is 1. The highest BCUT2D eigenvalue weighted by molar-refractivity contribution is 5.83. The Hall–Kier alpha value is -0.630. The highest BCUT2D eigenvalue weighted by Crippen LogP contribution is 2.46. The molecule has 0 spiro atoms. The van der Waals surface area contributed by atoms with E-state index in [-0.39, 0.29) is 11.5 Å². The zero-order chi connectivity index (χ0) is 9.47. The van der Waals surface area contributed by atoms with Crippen LogP contribution in [0.15, 0.2) is 12.2 Å². The molecule has 0 saturated heterocycles. The number of ketones is 1. The number of rotatable bonds is 1. The summed E-state index contributed by atoms with van der Waals surface area (Å²) in [5, 5.41) is 0. The fourth-order valence-electron chi connectivity index (χ4n) is 2.87. The van der Waals surface area contributed by atoms with E-state index >= 15 is 0 Å². The molecule has 2 aliphatic carbocycles. The fraction of sp³-hybridized carbons (Fsp3) is 0.727. The molecule has 3 atom stereocenters. The monoisotopic (exact) mass is 179 g/mol. The maximum absolute atomic E-state index is 11.6. The minimum absolute atomic E-state index is 0.100. The Morgan fingerprint density at radius 2 is 2.31 bits per heavy atom. The molecule has 72 valence electrons. The lowest BCUT2D eigenvalue weighted by atomic mass is 9.61. The number of carbonyl (C=O) groups is 1. The Balaban J connectivity index is 2.28. The van der Waals surface area contributed by atoms with Crippen LogP contribution in [0, 0.1) is 11.3 Å².